The van der Waals surface area contributed by atoms with Gasteiger partial charge in [-0.15, -0.1) is 0 Å². The van der Waals surface area contributed by atoms with E-state index < -0.39 is 27.8 Å². The summed E-state index contributed by atoms with van der Waals surface area (Å²) in [4.78, 5) is 24.9. The van der Waals surface area contributed by atoms with Crippen LogP contribution in [0.15, 0.2) is 29.2 Å². The molecule has 0 aromatic heterocycles. The third-order valence-electron chi connectivity index (χ3n) is 4.55. The Balaban J connectivity index is 1.85. The molecule has 12 heteroatoms. The molecule has 0 aliphatic carbocycles. The van der Waals surface area contributed by atoms with Crippen LogP contribution < -0.4 is 10.6 Å². The fourth-order valence-corrected chi connectivity index (χ4v) is 4.27. The van der Waals surface area contributed by atoms with Crippen LogP contribution in [0.1, 0.15) is 25.3 Å². The van der Waals surface area contributed by atoms with Gasteiger partial charge in [0.25, 0.3) is 0 Å². The summed E-state index contributed by atoms with van der Waals surface area (Å²) in [6.45, 7) is 2.98. The zero-order valence-corrected chi connectivity index (χ0v) is 17.4. The largest absolute Gasteiger partial charge is 0.416 e. The molecule has 0 radical (unpaired) electrons. The van der Waals surface area contributed by atoms with Crippen LogP contribution in [0.25, 0.3) is 0 Å². The van der Waals surface area contributed by atoms with Crippen LogP contribution in [-0.2, 0) is 21.0 Å². The van der Waals surface area contributed by atoms with Crippen molar-refractivity contribution in [3.05, 3.63) is 29.8 Å². The molecule has 3 amide bonds. The van der Waals surface area contributed by atoms with Crippen LogP contribution in [0, 0.1) is 0 Å². The predicted molar refractivity (Wildman–Crippen MR) is 103 cm³/mol. The van der Waals surface area contributed by atoms with E-state index in [4.69, 9.17) is 0 Å². The molecule has 0 unspecified atom stereocenters. The molecule has 30 heavy (non-hydrogen) atoms. The third kappa shape index (κ3) is 6.33. The first-order valence-corrected chi connectivity index (χ1v) is 11.0. The van der Waals surface area contributed by atoms with Gasteiger partial charge in [0.15, 0.2) is 0 Å². The topological polar surface area (TPSA) is 98.8 Å². The zero-order chi connectivity index (χ0) is 22.4. The number of nitrogens with zero attached hydrogens (tertiary/aromatic N) is 2. The summed E-state index contributed by atoms with van der Waals surface area (Å²) in [6.07, 6.45) is -3.58. The zero-order valence-electron chi connectivity index (χ0n) is 16.5. The fraction of sp³-hybridized carbons (Fsp3) is 0.556. The third-order valence-corrected chi connectivity index (χ3v) is 6.46. The van der Waals surface area contributed by atoms with Crippen LogP contribution in [0.5, 0.6) is 0 Å². The summed E-state index contributed by atoms with van der Waals surface area (Å²) in [5, 5.41) is 5.31. The van der Waals surface area contributed by atoms with E-state index in [2.05, 4.69) is 10.6 Å². The van der Waals surface area contributed by atoms with Gasteiger partial charge in [-0.1, -0.05) is 6.92 Å². The number of piperazine rings is 1. The number of carbonyl (C=O) groups excluding carboxylic acids is 2. The first kappa shape index (κ1) is 23.9. The number of sulfonamides is 1. The standard InChI is InChI=1S/C18H25F3N4O4S/c1-2-8-22-16(26)7-9-23-17(27)24-10-12-25(13-11-24)30(28,29)15-5-3-14(4-6-15)18(19,20)21/h3-6H,2,7-13H2,1H3,(H,22,26)(H,23,27). The molecular formula is C18H25F3N4O4S. The van der Waals surface area contributed by atoms with E-state index in [1.54, 1.807) is 0 Å². The Hall–Kier alpha value is -2.34. The molecule has 1 fully saturated rings. The number of urea groups is 1. The molecule has 2 N–H and O–H groups in total. The Labute approximate surface area is 173 Å². The van der Waals surface area contributed by atoms with E-state index in [1.807, 2.05) is 6.92 Å². The molecule has 1 aromatic carbocycles. The molecule has 1 aliphatic heterocycles. The summed E-state index contributed by atoms with van der Waals surface area (Å²) in [6, 6.07) is 2.92. The molecule has 168 valence electrons. The maximum atomic E-state index is 12.7. The van der Waals surface area contributed by atoms with Crippen molar-refractivity contribution in [1.29, 1.82) is 0 Å². The summed E-state index contributed by atoms with van der Waals surface area (Å²) in [7, 11) is -3.96. The Kier molecular flexibility index (Phi) is 8.07. The van der Waals surface area contributed by atoms with Crippen molar-refractivity contribution in [2.75, 3.05) is 39.3 Å². The van der Waals surface area contributed by atoms with Crippen molar-refractivity contribution in [3.8, 4) is 0 Å². The minimum atomic E-state index is -4.54. The predicted octanol–water partition coefficient (Wildman–Crippen LogP) is 1.64. The highest BCUT2D eigenvalue weighted by atomic mass is 32.2. The SMILES string of the molecule is CCCNC(=O)CCNC(=O)N1CCN(S(=O)(=O)c2ccc(C(F)(F)F)cc2)CC1. The quantitative estimate of drug-likeness (QED) is 0.660. The summed E-state index contributed by atoms with van der Waals surface area (Å²) in [5.74, 6) is -0.162. The lowest BCUT2D eigenvalue weighted by molar-refractivity contribution is -0.137. The molecule has 1 aromatic rings. The molecule has 0 bridgehead atoms. The average molecular weight is 450 g/mol. The Morgan fingerprint density at radius 1 is 1.00 bits per heavy atom. The Morgan fingerprint density at radius 2 is 1.60 bits per heavy atom. The number of nitrogens with one attached hydrogen (secondary N) is 2. The van der Waals surface area contributed by atoms with Crippen LogP contribution in [-0.4, -0.2) is 68.8 Å². The highest BCUT2D eigenvalue weighted by Crippen LogP contribution is 2.30. The number of benzene rings is 1. The van der Waals surface area contributed by atoms with Gasteiger partial charge in [0.2, 0.25) is 15.9 Å². The minimum absolute atomic E-state index is 0.0216. The number of rotatable bonds is 7. The van der Waals surface area contributed by atoms with E-state index in [-0.39, 0.29) is 49.9 Å². The van der Waals surface area contributed by atoms with Crippen molar-refractivity contribution in [1.82, 2.24) is 19.8 Å². The number of halogens is 3. The molecule has 8 nitrogen and oxygen atoms in total. The number of hydrogen-bond donors (Lipinski definition) is 2. The maximum Gasteiger partial charge on any atom is 0.416 e. The van der Waals surface area contributed by atoms with E-state index >= 15 is 0 Å². The van der Waals surface area contributed by atoms with Crippen molar-refractivity contribution in [3.63, 3.8) is 0 Å². The minimum Gasteiger partial charge on any atom is -0.356 e. The van der Waals surface area contributed by atoms with E-state index in [0.717, 1.165) is 35.0 Å². The van der Waals surface area contributed by atoms with Gasteiger partial charge in [-0.2, -0.15) is 17.5 Å². The van der Waals surface area contributed by atoms with Gasteiger partial charge in [0.1, 0.15) is 0 Å². The van der Waals surface area contributed by atoms with Crippen LogP contribution in [0.2, 0.25) is 0 Å². The van der Waals surface area contributed by atoms with Crippen molar-refractivity contribution >= 4 is 22.0 Å². The second kappa shape index (κ2) is 10.1. The van der Waals surface area contributed by atoms with Crippen LogP contribution >= 0.6 is 0 Å². The molecule has 0 saturated carbocycles. The van der Waals surface area contributed by atoms with Gasteiger partial charge in [0.05, 0.1) is 10.5 Å². The van der Waals surface area contributed by atoms with E-state index in [0.29, 0.717) is 6.54 Å². The first-order chi connectivity index (χ1) is 14.1. The summed E-state index contributed by atoms with van der Waals surface area (Å²) in [5.41, 5.74) is -0.925. The number of carbonyl (C=O) groups is 2. The van der Waals surface area contributed by atoms with Gasteiger partial charge in [0, 0.05) is 45.7 Å². The van der Waals surface area contributed by atoms with Gasteiger partial charge < -0.3 is 15.5 Å². The first-order valence-electron chi connectivity index (χ1n) is 9.52. The van der Waals surface area contributed by atoms with Crippen molar-refractivity contribution in [2.24, 2.45) is 0 Å². The molecule has 2 rings (SSSR count). The maximum absolute atomic E-state index is 12.7. The number of alkyl halides is 3. The molecule has 0 spiro atoms. The molecule has 1 heterocycles. The van der Waals surface area contributed by atoms with E-state index in [9.17, 15) is 31.2 Å². The number of amides is 3. The summed E-state index contributed by atoms with van der Waals surface area (Å²) < 4.78 is 64.4. The molecule has 0 atom stereocenters. The molecular weight excluding hydrogens is 425 g/mol. The van der Waals surface area contributed by atoms with Crippen LogP contribution in [0.4, 0.5) is 18.0 Å². The smallest absolute Gasteiger partial charge is 0.356 e. The van der Waals surface area contributed by atoms with E-state index in [1.165, 1.54) is 4.90 Å². The lowest BCUT2D eigenvalue weighted by atomic mass is 10.2. The number of hydrogen-bond acceptors (Lipinski definition) is 4. The highest BCUT2D eigenvalue weighted by molar-refractivity contribution is 7.89. The van der Waals surface area contributed by atoms with Crippen molar-refractivity contribution < 1.29 is 31.2 Å². The Bertz CT molecular complexity index is 836. The lowest BCUT2D eigenvalue weighted by Gasteiger charge is -2.34. The normalized spacial score (nSPS) is 15.7. The molecule has 1 saturated heterocycles. The van der Waals surface area contributed by atoms with Gasteiger partial charge in [-0.25, -0.2) is 13.2 Å². The van der Waals surface area contributed by atoms with Crippen LogP contribution in [0.3, 0.4) is 0 Å². The second-order valence-electron chi connectivity index (χ2n) is 6.75. The Morgan fingerprint density at radius 3 is 2.13 bits per heavy atom. The van der Waals surface area contributed by atoms with Gasteiger partial charge in [-0.3, -0.25) is 4.79 Å². The van der Waals surface area contributed by atoms with Gasteiger partial charge in [-0.05, 0) is 30.7 Å². The fourth-order valence-electron chi connectivity index (χ4n) is 2.84. The van der Waals surface area contributed by atoms with Gasteiger partial charge >= 0.3 is 12.2 Å². The summed E-state index contributed by atoms with van der Waals surface area (Å²) >= 11 is 0. The average Bonchev–Trinajstić information content (AvgIpc) is 2.71. The van der Waals surface area contributed by atoms with Crippen molar-refractivity contribution in [2.45, 2.75) is 30.8 Å². The lowest BCUT2D eigenvalue weighted by Crippen LogP contribution is -2.53. The highest BCUT2D eigenvalue weighted by Gasteiger charge is 2.33. The second-order valence-corrected chi connectivity index (χ2v) is 8.68. The molecule has 1 aliphatic rings. The monoisotopic (exact) mass is 450 g/mol.